The van der Waals surface area contributed by atoms with Gasteiger partial charge in [-0.15, -0.1) is 0 Å². The minimum absolute atomic E-state index is 0.0852. The quantitative estimate of drug-likeness (QED) is 0.805. The molecule has 0 aliphatic carbocycles. The van der Waals surface area contributed by atoms with Crippen molar-refractivity contribution < 1.29 is 0 Å². The van der Waals surface area contributed by atoms with Crippen LogP contribution in [0, 0.1) is 0 Å². The van der Waals surface area contributed by atoms with E-state index >= 15 is 0 Å². The van der Waals surface area contributed by atoms with Gasteiger partial charge in [0.15, 0.2) is 0 Å². The molecule has 0 spiro atoms. The Kier molecular flexibility index (Phi) is 3.49. The van der Waals surface area contributed by atoms with Crippen molar-refractivity contribution in [2.45, 2.75) is 0 Å². The van der Waals surface area contributed by atoms with E-state index in [1.54, 1.807) is 30.6 Å². The van der Waals surface area contributed by atoms with E-state index in [0.29, 0.717) is 16.9 Å². The average Bonchev–Trinajstić information content (AvgIpc) is 2.95. The fraction of sp³-hybridized carbons (Fsp3) is 0. The lowest BCUT2D eigenvalue weighted by atomic mass is 10.3. The minimum Gasteiger partial charge on any atom is -0.324 e. The number of benzene rings is 1. The number of anilines is 2. The van der Waals surface area contributed by atoms with Crippen molar-refractivity contribution in [3.05, 3.63) is 53.0 Å². The Labute approximate surface area is 124 Å². The highest BCUT2D eigenvalue weighted by atomic mass is 35.5. The molecule has 2 heterocycles. The maximum absolute atomic E-state index is 5.89. The zero-order valence-electron chi connectivity index (χ0n) is 10.0. The van der Waals surface area contributed by atoms with Crippen molar-refractivity contribution in [1.29, 1.82) is 0 Å². The number of hydrogen-bond acceptors (Lipinski definition) is 5. The largest absolute Gasteiger partial charge is 0.324 e. The van der Waals surface area contributed by atoms with Crippen molar-refractivity contribution in [2.24, 2.45) is 0 Å². The van der Waals surface area contributed by atoms with Crippen molar-refractivity contribution >= 4 is 34.8 Å². The monoisotopic (exact) mass is 306 g/mol. The Hall–Kier alpha value is -2.18. The summed E-state index contributed by atoms with van der Waals surface area (Å²) in [5, 5.41) is 7.81. The maximum Gasteiger partial charge on any atom is 0.256 e. The Balaban J connectivity index is 1.92. The van der Waals surface area contributed by atoms with Gasteiger partial charge in [-0.25, -0.2) is 4.68 Å². The summed E-state index contributed by atoms with van der Waals surface area (Å²) in [7, 11) is 0. The van der Waals surface area contributed by atoms with Crippen molar-refractivity contribution in [2.75, 3.05) is 5.32 Å². The molecule has 3 aromatic rings. The Morgan fingerprint density at radius 1 is 1.00 bits per heavy atom. The molecule has 0 aliphatic rings. The molecule has 8 heteroatoms. The molecule has 20 heavy (non-hydrogen) atoms. The Bertz CT molecular complexity index is 711. The van der Waals surface area contributed by atoms with Crippen LogP contribution < -0.4 is 5.32 Å². The van der Waals surface area contributed by atoms with E-state index < -0.39 is 0 Å². The summed E-state index contributed by atoms with van der Waals surface area (Å²) in [6, 6.07) is 8.92. The number of halogens is 2. The maximum atomic E-state index is 5.89. The van der Waals surface area contributed by atoms with Gasteiger partial charge in [0, 0.05) is 23.1 Å². The van der Waals surface area contributed by atoms with Gasteiger partial charge >= 0.3 is 0 Å². The summed E-state index contributed by atoms with van der Waals surface area (Å²) in [4.78, 5) is 12.3. The third kappa shape index (κ3) is 2.87. The van der Waals surface area contributed by atoms with E-state index in [9.17, 15) is 0 Å². The van der Waals surface area contributed by atoms with Gasteiger partial charge in [0.05, 0.1) is 0 Å². The van der Waals surface area contributed by atoms with Crippen LogP contribution in [0.25, 0.3) is 5.95 Å². The second kappa shape index (κ2) is 5.44. The number of hydrogen-bond donors (Lipinski definition) is 1. The number of nitrogens with one attached hydrogen (secondary N) is 1. The van der Waals surface area contributed by atoms with Gasteiger partial charge in [-0.05, 0) is 41.9 Å². The van der Waals surface area contributed by atoms with Gasteiger partial charge in [-0.1, -0.05) is 11.6 Å². The predicted octanol–water partition coefficient (Wildman–Crippen LogP) is 3.11. The van der Waals surface area contributed by atoms with E-state index in [1.165, 1.54) is 4.68 Å². The van der Waals surface area contributed by atoms with Gasteiger partial charge in [0.1, 0.15) is 0 Å². The summed E-state index contributed by atoms with van der Waals surface area (Å²) in [6.45, 7) is 0. The predicted molar refractivity (Wildman–Crippen MR) is 76.7 cm³/mol. The molecule has 0 unspecified atom stereocenters. The van der Waals surface area contributed by atoms with Crippen LogP contribution in [0.5, 0.6) is 0 Å². The second-order valence-electron chi connectivity index (χ2n) is 3.81. The fourth-order valence-electron chi connectivity index (χ4n) is 1.55. The van der Waals surface area contributed by atoms with Crippen molar-refractivity contribution in [3.8, 4) is 5.95 Å². The molecule has 0 atom stereocenters. The smallest absolute Gasteiger partial charge is 0.256 e. The molecule has 6 nitrogen and oxygen atoms in total. The van der Waals surface area contributed by atoms with Crippen LogP contribution in [-0.4, -0.2) is 24.7 Å². The van der Waals surface area contributed by atoms with Crippen LogP contribution in [0.2, 0.25) is 10.3 Å². The summed E-state index contributed by atoms with van der Waals surface area (Å²) < 4.78 is 1.50. The van der Waals surface area contributed by atoms with Crippen molar-refractivity contribution in [1.82, 2.24) is 24.7 Å². The van der Waals surface area contributed by atoms with Gasteiger partial charge in [-0.3, -0.25) is 0 Å². The fourth-order valence-corrected chi connectivity index (χ4v) is 1.83. The van der Waals surface area contributed by atoms with E-state index in [4.69, 9.17) is 23.2 Å². The van der Waals surface area contributed by atoms with Crippen LogP contribution in [0.1, 0.15) is 0 Å². The van der Waals surface area contributed by atoms with E-state index in [-0.39, 0.29) is 5.28 Å². The highest BCUT2D eigenvalue weighted by molar-refractivity contribution is 6.30. The highest BCUT2D eigenvalue weighted by Crippen LogP contribution is 2.17. The third-order valence-corrected chi connectivity index (χ3v) is 2.83. The van der Waals surface area contributed by atoms with Crippen molar-refractivity contribution in [3.63, 3.8) is 0 Å². The molecule has 0 saturated carbocycles. The molecule has 2 aromatic heterocycles. The molecule has 100 valence electrons. The summed E-state index contributed by atoms with van der Waals surface area (Å²) in [6.07, 6.45) is 3.35. The lowest BCUT2D eigenvalue weighted by Gasteiger charge is -2.06. The van der Waals surface area contributed by atoms with E-state index in [0.717, 1.165) is 5.69 Å². The van der Waals surface area contributed by atoms with Crippen LogP contribution in [0.4, 0.5) is 11.6 Å². The molecular weight excluding hydrogens is 299 g/mol. The SMILES string of the molecule is Clc1ccc(Nc2nc(Cl)nc(-n3cccn3)n2)cc1. The minimum atomic E-state index is 0.0852. The third-order valence-electron chi connectivity index (χ3n) is 2.41. The second-order valence-corrected chi connectivity index (χ2v) is 4.59. The lowest BCUT2D eigenvalue weighted by molar-refractivity contribution is 0.798. The number of rotatable bonds is 3. The van der Waals surface area contributed by atoms with Crippen LogP contribution in [-0.2, 0) is 0 Å². The zero-order valence-corrected chi connectivity index (χ0v) is 11.5. The highest BCUT2D eigenvalue weighted by Gasteiger charge is 2.07. The first-order valence-electron chi connectivity index (χ1n) is 5.65. The van der Waals surface area contributed by atoms with Gasteiger partial charge in [0.2, 0.25) is 11.2 Å². The first kappa shape index (κ1) is 12.8. The molecule has 1 N–H and O–H groups in total. The summed E-state index contributed by atoms with van der Waals surface area (Å²) in [5.74, 6) is 0.671. The first-order chi connectivity index (χ1) is 9.70. The molecule has 0 fully saturated rings. The van der Waals surface area contributed by atoms with Gasteiger partial charge < -0.3 is 5.32 Å². The standard InChI is InChI=1S/C12H8Cl2N6/c13-8-2-4-9(5-3-8)16-11-17-10(14)18-12(19-11)20-7-1-6-15-20/h1-7H,(H,16,17,18,19). The Morgan fingerprint density at radius 2 is 1.80 bits per heavy atom. The molecular formula is C12H8Cl2N6. The molecule has 0 radical (unpaired) electrons. The summed E-state index contributed by atoms with van der Waals surface area (Å²) >= 11 is 11.7. The van der Waals surface area contributed by atoms with Crippen LogP contribution in [0.3, 0.4) is 0 Å². The molecule has 0 saturated heterocycles. The van der Waals surface area contributed by atoms with Gasteiger partial charge in [-0.2, -0.15) is 20.1 Å². The average molecular weight is 307 g/mol. The Morgan fingerprint density at radius 3 is 2.50 bits per heavy atom. The molecule has 0 aliphatic heterocycles. The molecule has 1 aromatic carbocycles. The number of aromatic nitrogens is 5. The topological polar surface area (TPSA) is 68.5 Å². The van der Waals surface area contributed by atoms with Crippen LogP contribution in [0.15, 0.2) is 42.7 Å². The van der Waals surface area contributed by atoms with Gasteiger partial charge in [0.25, 0.3) is 5.95 Å². The van der Waals surface area contributed by atoms with Crippen LogP contribution >= 0.6 is 23.2 Å². The van der Waals surface area contributed by atoms with E-state index in [1.807, 2.05) is 12.1 Å². The zero-order chi connectivity index (χ0) is 13.9. The van der Waals surface area contributed by atoms with E-state index in [2.05, 4.69) is 25.4 Å². The lowest BCUT2D eigenvalue weighted by Crippen LogP contribution is -2.06. The molecule has 0 bridgehead atoms. The number of nitrogens with zero attached hydrogens (tertiary/aromatic N) is 5. The first-order valence-corrected chi connectivity index (χ1v) is 6.40. The normalized spacial score (nSPS) is 10.5. The molecule has 0 amide bonds. The molecule has 3 rings (SSSR count). The summed E-state index contributed by atoms with van der Waals surface area (Å²) in [5.41, 5.74) is 0.795.